The highest BCUT2D eigenvalue weighted by Crippen LogP contribution is 2.07. The number of hydrogen-bond donors (Lipinski definition) is 1. The van der Waals surface area contributed by atoms with Crippen LogP contribution in [-0.2, 0) is 4.79 Å². The molecular formula is C21H40N2O3. The first-order valence-corrected chi connectivity index (χ1v) is 10.3. The topological polar surface area (TPSA) is 60.9 Å². The van der Waals surface area contributed by atoms with E-state index in [4.69, 9.17) is 5.11 Å². The van der Waals surface area contributed by atoms with Gasteiger partial charge in [-0.25, -0.2) is 4.79 Å². The Balaban J connectivity index is 3.55. The van der Waals surface area contributed by atoms with E-state index in [0.29, 0.717) is 6.42 Å². The van der Waals surface area contributed by atoms with Gasteiger partial charge in [-0.05, 0) is 44.9 Å². The molecule has 0 spiro atoms. The van der Waals surface area contributed by atoms with Gasteiger partial charge in [-0.3, -0.25) is 4.79 Å². The van der Waals surface area contributed by atoms with E-state index in [-0.39, 0.29) is 6.03 Å². The van der Waals surface area contributed by atoms with Gasteiger partial charge in [-0.2, -0.15) is 0 Å². The summed E-state index contributed by atoms with van der Waals surface area (Å²) < 4.78 is 0. The van der Waals surface area contributed by atoms with Crippen LogP contribution in [0.5, 0.6) is 0 Å². The molecule has 0 aliphatic carbocycles. The number of urea groups is 1. The molecule has 2 amide bonds. The molecule has 0 aromatic carbocycles. The van der Waals surface area contributed by atoms with Crippen molar-refractivity contribution in [3.05, 3.63) is 12.2 Å². The van der Waals surface area contributed by atoms with E-state index in [0.717, 1.165) is 70.9 Å². The number of carboxylic acid groups (broad SMARTS) is 1. The standard InChI is InChI=1S/C21H40N2O3/c1-4-5-15-18-22(2)21(26)23(3)19-16-13-11-9-7-6-8-10-12-14-17-20(24)25/h7,9H,4-6,8,10-19H2,1-3H3,(H,24,25). The number of allylic oxidation sites excluding steroid dienone is 2. The van der Waals surface area contributed by atoms with Gasteiger partial charge in [-0.1, -0.05) is 44.8 Å². The Bertz CT molecular complexity index is 397. The quantitative estimate of drug-likeness (QED) is 0.296. The average molecular weight is 369 g/mol. The minimum absolute atomic E-state index is 0.125. The van der Waals surface area contributed by atoms with Gasteiger partial charge in [0.2, 0.25) is 0 Å². The predicted octanol–water partition coefficient (Wildman–Crippen LogP) is 5.31. The minimum Gasteiger partial charge on any atom is -0.481 e. The Morgan fingerprint density at radius 3 is 1.81 bits per heavy atom. The molecule has 1 N–H and O–H groups in total. The molecule has 152 valence electrons. The average Bonchev–Trinajstić information content (AvgIpc) is 2.61. The molecule has 0 unspecified atom stereocenters. The smallest absolute Gasteiger partial charge is 0.319 e. The fourth-order valence-corrected chi connectivity index (χ4v) is 2.82. The lowest BCUT2D eigenvalue weighted by Gasteiger charge is -2.24. The maximum Gasteiger partial charge on any atom is 0.319 e. The maximum absolute atomic E-state index is 12.2. The van der Waals surface area contributed by atoms with Crippen LogP contribution in [0.1, 0.15) is 84.0 Å². The second-order valence-corrected chi connectivity index (χ2v) is 7.15. The Kier molecular flexibility index (Phi) is 15.9. The molecule has 5 heteroatoms. The Hall–Kier alpha value is -1.52. The molecule has 0 aliphatic rings. The van der Waals surface area contributed by atoms with E-state index in [1.807, 2.05) is 23.9 Å². The normalized spacial score (nSPS) is 11.0. The van der Waals surface area contributed by atoms with Crippen molar-refractivity contribution in [3.8, 4) is 0 Å². The molecule has 0 saturated carbocycles. The highest BCUT2D eigenvalue weighted by molar-refractivity contribution is 5.73. The second kappa shape index (κ2) is 16.9. The van der Waals surface area contributed by atoms with Crippen LogP contribution in [0, 0.1) is 0 Å². The SMILES string of the molecule is CCCCCN(C)C(=O)N(C)CCCCC=CCCCCCCC(=O)O. The van der Waals surface area contributed by atoms with E-state index >= 15 is 0 Å². The van der Waals surface area contributed by atoms with Crippen LogP contribution >= 0.6 is 0 Å². The van der Waals surface area contributed by atoms with Crippen molar-refractivity contribution in [2.45, 2.75) is 84.0 Å². The summed E-state index contributed by atoms with van der Waals surface area (Å²) in [5.41, 5.74) is 0. The number of rotatable bonds is 16. The van der Waals surface area contributed by atoms with Gasteiger partial charge in [0.1, 0.15) is 0 Å². The van der Waals surface area contributed by atoms with Gasteiger partial charge in [0.15, 0.2) is 0 Å². The first-order valence-electron chi connectivity index (χ1n) is 10.3. The van der Waals surface area contributed by atoms with Gasteiger partial charge in [-0.15, -0.1) is 0 Å². The molecule has 0 saturated heterocycles. The van der Waals surface area contributed by atoms with Crippen LogP contribution in [0.25, 0.3) is 0 Å². The summed E-state index contributed by atoms with van der Waals surface area (Å²) in [6.07, 6.45) is 16.5. The lowest BCUT2D eigenvalue weighted by Crippen LogP contribution is -2.39. The summed E-state index contributed by atoms with van der Waals surface area (Å²) in [5.74, 6) is -0.694. The van der Waals surface area contributed by atoms with Gasteiger partial charge in [0, 0.05) is 33.6 Å². The summed E-state index contributed by atoms with van der Waals surface area (Å²) in [5, 5.41) is 8.56. The number of unbranched alkanes of at least 4 members (excludes halogenated alkanes) is 8. The van der Waals surface area contributed by atoms with Gasteiger partial charge >= 0.3 is 12.0 Å². The predicted molar refractivity (Wildman–Crippen MR) is 109 cm³/mol. The summed E-state index contributed by atoms with van der Waals surface area (Å²) in [6.45, 7) is 3.83. The van der Waals surface area contributed by atoms with E-state index < -0.39 is 5.97 Å². The molecule has 0 aromatic rings. The molecule has 0 radical (unpaired) electrons. The first-order chi connectivity index (χ1) is 12.5. The number of carbonyl (C=O) groups excluding carboxylic acids is 1. The largest absolute Gasteiger partial charge is 0.481 e. The van der Waals surface area contributed by atoms with Crippen LogP contribution in [0.3, 0.4) is 0 Å². The summed E-state index contributed by atoms with van der Waals surface area (Å²) in [4.78, 5) is 26.2. The van der Waals surface area contributed by atoms with E-state index in [2.05, 4.69) is 19.1 Å². The number of carbonyl (C=O) groups is 2. The number of amides is 2. The molecular weight excluding hydrogens is 328 g/mol. The third-order valence-electron chi connectivity index (χ3n) is 4.54. The van der Waals surface area contributed by atoms with Gasteiger partial charge < -0.3 is 14.9 Å². The molecule has 0 atom stereocenters. The van der Waals surface area contributed by atoms with E-state index in [1.165, 1.54) is 12.8 Å². The van der Waals surface area contributed by atoms with Crippen molar-refractivity contribution in [1.82, 2.24) is 9.80 Å². The summed E-state index contributed by atoms with van der Waals surface area (Å²) in [7, 11) is 3.78. The Morgan fingerprint density at radius 1 is 0.769 bits per heavy atom. The third-order valence-corrected chi connectivity index (χ3v) is 4.54. The zero-order chi connectivity index (χ0) is 19.6. The monoisotopic (exact) mass is 368 g/mol. The molecule has 0 rings (SSSR count). The second-order valence-electron chi connectivity index (χ2n) is 7.15. The van der Waals surface area contributed by atoms with Crippen molar-refractivity contribution in [2.75, 3.05) is 27.2 Å². The van der Waals surface area contributed by atoms with Gasteiger partial charge in [0.25, 0.3) is 0 Å². The Morgan fingerprint density at radius 2 is 1.27 bits per heavy atom. The van der Waals surface area contributed by atoms with Crippen LogP contribution in [0.2, 0.25) is 0 Å². The molecule has 0 bridgehead atoms. The van der Waals surface area contributed by atoms with Crippen LogP contribution in [0.4, 0.5) is 4.79 Å². The maximum atomic E-state index is 12.2. The number of carboxylic acids is 1. The Labute approximate surface area is 160 Å². The van der Waals surface area contributed by atoms with Gasteiger partial charge in [0.05, 0.1) is 0 Å². The lowest BCUT2D eigenvalue weighted by atomic mass is 10.1. The highest BCUT2D eigenvalue weighted by Gasteiger charge is 2.12. The van der Waals surface area contributed by atoms with Crippen LogP contribution in [0.15, 0.2) is 12.2 Å². The zero-order valence-corrected chi connectivity index (χ0v) is 17.2. The summed E-state index contributed by atoms with van der Waals surface area (Å²) >= 11 is 0. The van der Waals surface area contributed by atoms with Crippen molar-refractivity contribution in [2.24, 2.45) is 0 Å². The number of hydrogen-bond acceptors (Lipinski definition) is 2. The fraction of sp³-hybridized carbons (Fsp3) is 0.810. The first kappa shape index (κ1) is 24.5. The van der Waals surface area contributed by atoms with Crippen molar-refractivity contribution in [1.29, 1.82) is 0 Å². The van der Waals surface area contributed by atoms with Crippen molar-refractivity contribution in [3.63, 3.8) is 0 Å². The zero-order valence-electron chi connectivity index (χ0n) is 17.2. The molecule has 0 aliphatic heterocycles. The van der Waals surface area contributed by atoms with Crippen LogP contribution in [-0.4, -0.2) is 54.1 Å². The van der Waals surface area contributed by atoms with E-state index in [9.17, 15) is 9.59 Å². The molecule has 0 fully saturated rings. The fourth-order valence-electron chi connectivity index (χ4n) is 2.82. The minimum atomic E-state index is -0.694. The number of aliphatic carboxylic acids is 1. The molecule has 0 aromatic heterocycles. The third kappa shape index (κ3) is 14.8. The highest BCUT2D eigenvalue weighted by atomic mass is 16.4. The summed E-state index contributed by atoms with van der Waals surface area (Å²) in [6, 6.07) is 0.125. The van der Waals surface area contributed by atoms with Crippen molar-refractivity contribution >= 4 is 12.0 Å². The number of nitrogens with zero attached hydrogens (tertiary/aromatic N) is 2. The van der Waals surface area contributed by atoms with E-state index in [1.54, 1.807) is 0 Å². The lowest BCUT2D eigenvalue weighted by molar-refractivity contribution is -0.137. The van der Waals surface area contributed by atoms with Crippen molar-refractivity contribution < 1.29 is 14.7 Å². The molecule has 0 heterocycles. The molecule has 26 heavy (non-hydrogen) atoms. The molecule has 5 nitrogen and oxygen atoms in total. The van der Waals surface area contributed by atoms with Crippen LogP contribution < -0.4 is 0 Å².